The Hall–Kier alpha value is -0.850. The average Bonchev–Trinajstić information content (AvgIpc) is 2.74. The van der Waals surface area contributed by atoms with Crippen molar-refractivity contribution in [1.29, 1.82) is 0 Å². The van der Waals surface area contributed by atoms with Crippen molar-refractivity contribution in [2.24, 2.45) is 17.3 Å². The van der Waals surface area contributed by atoms with Gasteiger partial charge in [-0.1, -0.05) is 31.6 Å². The van der Waals surface area contributed by atoms with Crippen molar-refractivity contribution in [3.05, 3.63) is 23.8 Å². The first kappa shape index (κ1) is 11.6. The highest BCUT2D eigenvalue weighted by Gasteiger charge is 2.55. The van der Waals surface area contributed by atoms with E-state index in [4.69, 9.17) is 0 Å². The SMILES string of the molecule is C/C1=C/CCC(=O)/C=C\[C@H]2[C@@H](CC1)C2(C)C. The van der Waals surface area contributed by atoms with Crippen LogP contribution in [0.15, 0.2) is 23.8 Å². The lowest BCUT2D eigenvalue weighted by atomic mass is 10.0. The molecule has 16 heavy (non-hydrogen) atoms. The fourth-order valence-electron chi connectivity index (χ4n) is 2.96. The van der Waals surface area contributed by atoms with Crippen LogP contribution in [0, 0.1) is 17.3 Å². The Morgan fingerprint density at radius 2 is 2.06 bits per heavy atom. The van der Waals surface area contributed by atoms with Gasteiger partial charge in [0.1, 0.15) is 0 Å². The lowest BCUT2D eigenvalue weighted by Gasteiger charge is -2.03. The number of hydrogen-bond acceptors (Lipinski definition) is 1. The summed E-state index contributed by atoms with van der Waals surface area (Å²) in [7, 11) is 0. The summed E-state index contributed by atoms with van der Waals surface area (Å²) in [5, 5.41) is 0. The topological polar surface area (TPSA) is 17.1 Å². The van der Waals surface area contributed by atoms with Gasteiger partial charge in [0, 0.05) is 6.42 Å². The molecule has 0 aromatic rings. The van der Waals surface area contributed by atoms with Gasteiger partial charge in [-0.3, -0.25) is 4.79 Å². The first-order valence-corrected chi connectivity index (χ1v) is 6.38. The summed E-state index contributed by atoms with van der Waals surface area (Å²) in [6.45, 7) is 6.84. The van der Waals surface area contributed by atoms with E-state index in [1.807, 2.05) is 6.08 Å². The predicted octanol–water partition coefficient (Wildman–Crippen LogP) is 3.90. The highest BCUT2D eigenvalue weighted by molar-refractivity contribution is 5.89. The van der Waals surface area contributed by atoms with Gasteiger partial charge in [-0.2, -0.15) is 0 Å². The van der Waals surface area contributed by atoms with Crippen molar-refractivity contribution in [3.63, 3.8) is 0 Å². The Morgan fingerprint density at radius 1 is 1.31 bits per heavy atom. The molecule has 0 spiro atoms. The Labute approximate surface area is 98.6 Å². The molecule has 1 saturated carbocycles. The molecule has 2 aliphatic rings. The number of fused-ring (bicyclic) bond motifs is 1. The summed E-state index contributed by atoms with van der Waals surface area (Å²) in [6, 6.07) is 0. The largest absolute Gasteiger partial charge is 0.295 e. The van der Waals surface area contributed by atoms with E-state index in [0.717, 1.165) is 12.3 Å². The molecule has 1 heteroatoms. The highest BCUT2D eigenvalue weighted by atomic mass is 16.1. The van der Waals surface area contributed by atoms with Crippen molar-refractivity contribution >= 4 is 5.78 Å². The van der Waals surface area contributed by atoms with Gasteiger partial charge < -0.3 is 0 Å². The Morgan fingerprint density at radius 3 is 2.81 bits per heavy atom. The summed E-state index contributed by atoms with van der Waals surface area (Å²) in [4.78, 5) is 11.6. The molecule has 1 nitrogen and oxygen atoms in total. The molecule has 0 bridgehead atoms. The van der Waals surface area contributed by atoms with Gasteiger partial charge in [0.05, 0.1) is 0 Å². The smallest absolute Gasteiger partial charge is 0.155 e. The number of allylic oxidation sites excluding steroid dienone is 4. The van der Waals surface area contributed by atoms with Crippen LogP contribution < -0.4 is 0 Å². The zero-order valence-electron chi connectivity index (χ0n) is 10.6. The minimum absolute atomic E-state index is 0.285. The van der Waals surface area contributed by atoms with Crippen molar-refractivity contribution in [2.75, 3.05) is 0 Å². The van der Waals surface area contributed by atoms with Crippen LogP contribution in [-0.2, 0) is 4.79 Å². The molecule has 1 fully saturated rings. The summed E-state index contributed by atoms with van der Waals surface area (Å²) in [6.07, 6.45) is 10.3. The van der Waals surface area contributed by atoms with Crippen LogP contribution in [0.5, 0.6) is 0 Å². The lowest BCUT2D eigenvalue weighted by Crippen LogP contribution is -1.94. The summed E-state index contributed by atoms with van der Waals surface area (Å²) in [5.74, 6) is 1.69. The molecule has 0 aliphatic heterocycles. The van der Waals surface area contributed by atoms with E-state index in [9.17, 15) is 4.79 Å². The van der Waals surface area contributed by atoms with E-state index in [2.05, 4.69) is 32.9 Å². The fourth-order valence-corrected chi connectivity index (χ4v) is 2.96. The van der Waals surface area contributed by atoms with E-state index in [0.29, 0.717) is 17.8 Å². The van der Waals surface area contributed by atoms with Gasteiger partial charge >= 0.3 is 0 Å². The Bertz CT molecular complexity index is 346. The van der Waals surface area contributed by atoms with Crippen LogP contribution in [0.2, 0.25) is 0 Å². The Kier molecular flexibility index (Phi) is 3.05. The molecule has 2 aliphatic carbocycles. The van der Waals surface area contributed by atoms with Crippen molar-refractivity contribution < 1.29 is 4.79 Å². The maximum atomic E-state index is 11.6. The molecule has 0 saturated heterocycles. The molecular weight excluding hydrogens is 196 g/mol. The van der Waals surface area contributed by atoms with Crippen molar-refractivity contribution in [2.45, 2.75) is 46.5 Å². The second kappa shape index (κ2) is 4.20. The molecule has 2 rings (SSSR count). The molecule has 0 amide bonds. The minimum atomic E-state index is 0.285. The molecule has 0 N–H and O–H groups in total. The standard InChI is InChI=1S/C15H22O/c1-11-5-4-6-12(16)8-10-14-13(9-7-11)15(14,2)3/h5,8,10,13-14H,4,6-7,9H2,1-3H3/b10-8-,11-5-/t13-,14+/m1/s1. The van der Waals surface area contributed by atoms with Crippen molar-refractivity contribution in [1.82, 2.24) is 0 Å². The van der Waals surface area contributed by atoms with E-state index in [1.165, 1.54) is 18.4 Å². The second-order valence-corrected chi connectivity index (χ2v) is 5.91. The molecule has 0 radical (unpaired) electrons. The molecule has 0 unspecified atom stereocenters. The summed E-state index contributed by atoms with van der Waals surface area (Å²) >= 11 is 0. The highest BCUT2D eigenvalue weighted by Crippen LogP contribution is 2.61. The van der Waals surface area contributed by atoms with Gasteiger partial charge in [0.15, 0.2) is 5.78 Å². The maximum absolute atomic E-state index is 11.6. The lowest BCUT2D eigenvalue weighted by molar-refractivity contribution is -0.114. The Balaban J connectivity index is 2.11. The predicted molar refractivity (Wildman–Crippen MR) is 67.1 cm³/mol. The van der Waals surface area contributed by atoms with Gasteiger partial charge in [0.25, 0.3) is 0 Å². The van der Waals surface area contributed by atoms with Gasteiger partial charge in [0.2, 0.25) is 0 Å². The van der Waals surface area contributed by atoms with E-state index < -0.39 is 0 Å². The number of rotatable bonds is 0. The third-order valence-electron chi connectivity index (χ3n) is 4.36. The van der Waals surface area contributed by atoms with Gasteiger partial charge in [-0.15, -0.1) is 0 Å². The zero-order valence-corrected chi connectivity index (χ0v) is 10.6. The molecule has 2 atom stereocenters. The monoisotopic (exact) mass is 218 g/mol. The zero-order chi connectivity index (χ0) is 11.8. The first-order chi connectivity index (χ1) is 7.51. The fraction of sp³-hybridized carbons (Fsp3) is 0.667. The average molecular weight is 218 g/mol. The number of carbonyl (C=O) groups excluding carboxylic acids is 1. The van der Waals surface area contributed by atoms with Gasteiger partial charge in [-0.25, -0.2) is 0 Å². The van der Waals surface area contributed by atoms with Crippen LogP contribution in [0.25, 0.3) is 0 Å². The molecule has 0 aromatic carbocycles. The van der Waals surface area contributed by atoms with Crippen LogP contribution in [0.4, 0.5) is 0 Å². The van der Waals surface area contributed by atoms with E-state index >= 15 is 0 Å². The molecule has 0 aromatic heterocycles. The molecular formula is C15H22O. The van der Waals surface area contributed by atoms with Crippen molar-refractivity contribution in [3.8, 4) is 0 Å². The quantitative estimate of drug-likeness (QED) is 0.563. The third-order valence-corrected chi connectivity index (χ3v) is 4.36. The number of ketones is 1. The minimum Gasteiger partial charge on any atom is -0.295 e. The van der Waals surface area contributed by atoms with Crippen LogP contribution in [-0.4, -0.2) is 5.78 Å². The number of carbonyl (C=O) groups is 1. The first-order valence-electron chi connectivity index (χ1n) is 6.38. The third kappa shape index (κ3) is 2.28. The summed E-state index contributed by atoms with van der Waals surface area (Å²) in [5.41, 5.74) is 1.87. The van der Waals surface area contributed by atoms with Gasteiger partial charge in [-0.05, 0) is 49.5 Å². The number of hydrogen-bond donors (Lipinski definition) is 0. The summed E-state index contributed by atoms with van der Waals surface area (Å²) < 4.78 is 0. The van der Waals surface area contributed by atoms with Crippen LogP contribution in [0.3, 0.4) is 0 Å². The second-order valence-electron chi connectivity index (χ2n) is 5.91. The van der Waals surface area contributed by atoms with E-state index in [-0.39, 0.29) is 5.78 Å². The normalized spacial score (nSPS) is 38.9. The molecule has 0 heterocycles. The maximum Gasteiger partial charge on any atom is 0.155 e. The van der Waals surface area contributed by atoms with Crippen LogP contribution >= 0.6 is 0 Å². The molecule has 88 valence electrons. The van der Waals surface area contributed by atoms with E-state index in [1.54, 1.807) is 0 Å². The van der Waals surface area contributed by atoms with Crippen LogP contribution in [0.1, 0.15) is 46.5 Å².